The lowest BCUT2D eigenvalue weighted by molar-refractivity contribution is 0.659. The van der Waals surface area contributed by atoms with Gasteiger partial charge in [0.05, 0.1) is 22.4 Å². The number of anilines is 3. The Labute approximate surface area is 328 Å². The largest absolute Gasteiger partial charge is 0.310 e. The minimum Gasteiger partial charge on any atom is -0.310 e. The number of para-hydroxylation sites is 2. The Morgan fingerprint density at radius 3 is 1.86 bits per heavy atom. The van der Waals surface area contributed by atoms with E-state index in [0.717, 1.165) is 5.69 Å². The molecule has 8 aromatic carbocycles. The van der Waals surface area contributed by atoms with Gasteiger partial charge in [-0.3, -0.25) is 0 Å². The molecular formula is C54H42N2. The van der Waals surface area contributed by atoms with Crippen molar-refractivity contribution in [1.82, 2.24) is 4.57 Å². The van der Waals surface area contributed by atoms with E-state index in [1.54, 1.807) is 0 Å². The van der Waals surface area contributed by atoms with Gasteiger partial charge in [0.1, 0.15) is 0 Å². The van der Waals surface area contributed by atoms with Crippen molar-refractivity contribution in [3.05, 3.63) is 204 Å². The van der Waals surface area contributed by atoms with E-state index in [9.17, 15) is 0 Å². The quantitative estimate of drug-likeness (QED) is 0.172. The molecule has 0 unspecified atom stereocenters. The number of hydrogen-bond donors (Lipinski definition) is 0. The molecule has 0 saturated carbocycles. The molecule has 0 aliphatic heterocycles. The molecule has 1 aromatic heterocycles. The zero-order chi connectivity index (χ0) is 37.8. The van der Waals surface area contributed by atoms with Gasteiger partial charge in [0, 0.05) is 38.5 Å². The summed E-state index contributed by atoms with van der Waals surface area (Å²) in [6.45, 7) is 9.54. The van der Waals surface area contributed by atoms with E-state index in [0.29, 0.717) is 0 Å². The third-order valence-electron chi connectivity index (χ3n) is 12.8. The van der Waals surface area contributed by atoms with Crippen LogP contribution in [0.15, 0.2) is 182 Å². The van der Waals surface area contributed by atoms with Gasteiger partial charge >= 0.3 is 0 Å². The zero-order valence-electron chi connectivity index (χ0n) is 32.2. The number of benzene rings is 8. The maximum atomic E-state index is 2.57. The second-order valence-corrected chi connectivity index (χ2v) is 16.5. The Morgan fingerprint density at radius 2 is 1.02 bits per heavy atom. The fourth-order valence-electron chi connectivity index (χ4n) is 10.3. The van der Waals surface area contributed by atoms with Crippen LogP contribution in [0.2, 0.25) is 0 Å². The molecule has 2 heteroatoms. The molecule has 0 N–H and O–H groups in total. The minimum atomic E-state index is -0.196. The Balaban J connectivity index is 1.19. The molecule has 1 heterocycles. The van der Waals surface area contributed by atoms with Gasteiger partial charge in [-0.1, -0.05) is 161 Å². The van der Waals surface area contributed by atoms with Crippen LogP contribution in [0.5, 0.6) is 0 Å². The number of nitrogens with zero attached hydrogens (tertiary/aromatic N) is 2. The van der Waals surface area contributed by atoms with Crippen molar-refractivity contribution in [2.24, 2.45) is 0 Å². The first-order valence-electron chi connectivity index (χ1n) is 19.8. The first-order valence-corrected chi connectivity index (χ1v) is 19.8. The molecule has 9 aromatic rings. The van der Waals surface area contributed by atoms with Crippen LogP contribution in [-0.2, 0) is 10.8 Å². The molecule has 0 bridgehead atoms. The molecule has 2 nitrogen and oxygen atoms in total. The van der Waals surface area contributed by atoms with Crippen molar-refractivity contribution in [3.63, 3.8) is 0 Å². The van der Waals surface area contributed by atoms with E-state index in [2.05, 4.69) is 219 Å². The molecule has 268 valence electrons. The van der Waals surface area contributed by atoms with Crippen molar-refractivity contribution in [2.45, 2.75) is 38.5 Å². The SMILES string of the molecule is CC1(C)c2ccccc2-c2c(N(c3cccc(-c4cccc5c4c4ccccc4n5-c4ccccc4)c3)c3cccc4c3C(C)(C)c3ccccc3-4)cccc21. The highest BCUT2D eigenvalue weighted by molar-refractivity contribution is 6.16. The van der Waals surface area contributed by atoms with Crippen molar-refractivity contribution >= 4 is 38.9 Å². The summed E-state index contributed by atoms with van der Waals surface area (Å²) in [5.74, 6) is 0. The first kappa shape index (κ1) is 32.8. The summed E-state index contributed by atoms with van der Waals surface area (Å²) in [6.07, 6.45) is 0. The van der Waals surface area contributed by atoms with Crippen LogP contribution in [0.3, 0.4) is 0 Å². The maximum Gasteiger partial charge on any atom is 0.0547 e. The van der Waals surface area contributed by atoms with Gasteiger partial charge in [0.25, 0.3) is 0 Å². The van der Waals surface area contributed by atoms with Crippen LogP contribution in [0.25, 0.3) is 60.9 Å². The lowest BCUT2D eigenvalue weighted by atomic mass is 9.81. The summed E-state index contributed by atoms with van der Waals surface area (Å²) >= 11 is 0. The van der Waals surface area contributed by atoms with E-state index < -0.39 is 0 Å². The third-order valence-corrected chi connectivity index (χ3v) is 12.8. The van der Waals surface area contributed by atoms with Gasteiger partial charge in [-0.15, -0.1) is 0 Å². The van der Waals surface area contributed by atoms with Crippen molar-refractivity contribution in [2.75, 3.05) is 4.90 Å². The molecular weight excluding hydrogens is 677 g/mol. The number of hydrogen-bond acceptors (Lipinski definition) is 1. The Morgan fingerprint density at radius 1 is 0.429 bits per heavy atom. The molecule has 0 saturated heterocycles. The highest BCUT2D eigenvalue weighted by Gasteiger charge is 2.41. The fraction of sp³-hybridized carbons (Fsp3) is 0.111. The predicted molar refractivity (Wildman–Crippen MR) is 236 cm³/mol. The summed E-state index contributed by atoms with van der Waals surface area (Å²) < 4.78 is 2.41. The van der Waals surface area contributed by atoms with E-state index in [-0.39, 0.29) is 10.8 Å². The van der Waals surface area contributed by atoms with Gasteiger partial charge < -0.3 is 9.47 Å². The van der Waals surface area contributed by atoms with Crippen LogP contribution < -0.4 is 4.90 Å². The molecule has 2 aliphatic rings. The van der Waals surface area contributed by atoms with Gasteiger partial charge in [-0.2, -0.15) is 0 Å². The molecule has 0 spiro atoms. The maximum absolute atomic E-state index is 2.57. The van der Waals surface area contributed by atoms with Crippen LogP contribution in [-0.4, -0.2) is 4.57 Å². The summed E-state index contributed by atoms with van der Waals surface area (Å²) in [6, 6.07) is 67.4. The highest BCUT2D eigenvalue weighted by atomic mass is 15.2. The standard InChI is InChI=1S/C54H42N2/c1-53(2)44-28-12-9-23-41(44)51-45(53)29-17-32-48(51)56(49-33-16-26-40-39-22-8-11-27-43(39)54(3,4)52(40)49)37-21-14-18-35(34-37)38-25-15-31-47-50(38)42-24-10-13-30-46(42)55(47)36-19-6-5-7-20-36/h5-34H,1-4H3. The Hall–Kier alpha value is -6.64. The van der Waals surface area contributed by atoms with Crippen molar-refractivity contribution < 1.29 is 0 Å². The zero-order valence-corrected chi connectivity index (χ0v) is 32.2. The summed E-state index contributed by atoms with van der Waals surface area (Å²) in [4.78, 5) is 2.57. The molecule has 2 aliphatic carbocycles. The number of aromatic nitrogens is 1. The number of fused-ring (bicyclic) bond motifs is 9. The average Bonchev–Trinajstić information content (AvgIpc) is 3.79. The third kappa shape index (κ3) is 4.50. The fourth-order valence-corrected chi connectivity index (χ4v) is 10.3. The second-order valence-electron chi connectivity index (χ2n) is 16.5. The lowest BCUT2D eigenvalue weighted by Crippen LogP contribution is -2.21. The monoisotopic (exact) mass is 718 g/mol. The average molecular weight is 719 g/mol. The van der Waals surface area contributed by atoms with E-state index in [1.165, 1.54) is 94.5 Å². The van der Waals surface area contributed by atoms with Crippen molar-refractivity contribution in [3.8, 4) is 39.1 Å². The van der Waals surface area contributed by atoms with E-state index >= 15 is 0 Å². The van der Waals surface area contributed by atoms with Gasteiger partial charge in [0.15, 0.2) is 0 Å². The van der Waals surface area contributed by atoms with Gasteiger partial charge in [0.2, 0.25) is 0 Å². The van der Waals surface area contributed by atoms with Gasteiger partial charge in [-0.05, 0) is 98.6 Å². The highest BCUT2D eigenvalue weighted by Crippen LogP contribution is 2.58. The topological polar surface area (TPSA) is 8.17 Å². The summed E-state index contributed by atoms with van der Waals surface area (Å²) in [5.41, 5.74) is 20.0. The predicted octanol–water partition coefficient (Wildman–Crippen LogP) is 14.5. The molecule has 0 fully saturated rings. The van der Waals surface area contributed by atoms with E-state index in [1.807, 2.05) is 0 Å². The lowest BCUT2D eigenvalue weighted by Gasteiger charge is -2.34. The minimum absolute atomic E-state index is 0.119. The molecule has 0 atom stereocenters. The Bertz CT molecular complexity index is 3030. The second kappa shape index (κ2) is 11.9. The van der Waals surface area contributed by atoms with Crippen molar-refractivity contribution in [1.29, 1.82) is 0 Å². The van der Waals surface area contributed by atoms with Crippen LogP contribution >= 0.6 is 0 Å². The first-order chi connectivity index (χ1) is 27.3. The van der Waals surface area contributed by atoms with Crippen LogP contribution in [0, 0.1) is 0 Å². The molecule has 11 rings (SSSR count). The van der Waals surface area contributed by atoms with Crippen LogP contribution in [0.4, 0.5) is 17.1 Å². The molecule has 56 heavy (non-hydrogen) atoms. The van der Waals surface area contributed by atoms with Crippen LogP contribution in [0.1, 0.15) is 49.9 Å². The normalized spacial score (nSPS) is 14.4. The Kier molecular flexibility index (Phi) is 6.98. The smallest absolute Gasteiger partial charge is 0.0547 e. The molecule has 0 amide bonds. The number of rotatable bonds is 5. The summed E-state index contributed by atoms with van der Waals surface area (Å²) in [7, 11) is 0. The summed E-state index contributed by atoms with van der Waals surface area (Å²) in [5, 5.41) is 2.52. The van der Waals surface area contributed by atoms with E-state index in [4.69, 9.17) is 0 Å². The molecule has 0 radical (unpaired) electrons. The van der Waals surface area contributed by atoms with Gasteiger partial charge in [-0.25, -0.2) is 0 Å².